The SMILES string of the molecule is COc1ccc(OCCNC(=O)C(C)Cc2ccc(O)c(O)c2)cc1. The molecule has 0 aliphatic rings. The Bertz CT molecular complexity index is 699. The van der Waals surface area contributed by atoms with Gasteiger partial charge in [0, 0.05) is 5.92 Å². The number of amides is 1. The zero-order chi connectivity index (χ0) is 18.2. The molecule has 0 spiro atoms. The number of benzene rings is 2. The number of carbonyl (C=O) groups excluding carboxylic acids is 1. The van der Waals surface area contributed by atoms with E-state index >= 15 is 0 Å². The highest BCUT2D eigenvalue weighted by molar-refractivity contribution is 5.78. The summed E-state index contributed by atoms with van der Waals surface area (Å²) in [4.78, 5) is 12.1. The van der Waals surface area contributed by atoms with Crippen molar-refractivity contribution in [1.82, 2.24) is 5.32 Å². The molecule has 2 aromatic carbocycles. The Balaban J connectivity index is 1.72. The summed E-state index contributed by atoms with van der Waals surface area (Å²) in [5, 5.41) is 21.6. The average molecular weight is 345 g/mol. The lowest BCUT2D eigenvalue weighted by Crippen LogP contribution is -2.33. The summed E-state index contributed by atoms with van der Waals surface area (Å²) >= 11 is 0. The normalized spacial score (nSPS) is 11.6. The van der Waals surface area contributed by atoms with Crippen molar-refractivity contribution < 1.29 is 24.5 Å². The van der Waals surface area contributed by atoms with Crippen LogP contribution in [0, 0.1) is 5.92 Å². The van der Waals surface area contributed by atoms with Crippen molar-refractivity contribution >= 4 is 5.91 Å². The molecular formula is C19H23NO5. The van der Waals surface area contributed by atoms with E-state index in [4.69, 9.17) is 9.47 Å². The van der Waals surface area contributed by atoms with Crippen LogP contribution in [0.2, 0.25) is 0 Å². The van der Waals surface area contributed by atoms with E-state index in [1.807, 2.05) is 19.1 Å². The largest absolute Gasteiger partial charge is 0.504 e. The number of carbonyl (C=O) groups is 1. The number of ether oxygens (including phenoxy) is 2. The molecule has 25 heavy (non-hydrogen) atoms. The monoisotopic (exact) mass is 345 g/mol. The first-order valence-electron chi connectivity index (χ1n) is 8.05. The Morgan fingerprint density at radius 1 is 1.08 bits per heavy atom. The Morgan fingerprint density at radius 2 is 1.76 bits per heavy atom. The zero-order valence-corrected chi connectivity index (χ0v) is 14.4. The van der Waals surface area contributed by atoms with Gasteiger partial charge < -0.3 is 25.0 Å². The number of hydrogen-bond acceptors (Lipinski definition) is 5. The molecule has 2 rings (SSSR count). The number of nitrogens with one attached hydrogen (secondary N) is 1. The lowest BCUT2D eigenvalue weighted by Gasteiger charge is -2.13. The molecule has 1 unspecified atom stereocenters. The molecule has 0 heterocycles. The number of phenolic OH excluding ortho intramolecular Hbond substituents is 2. The van der Waals surface area contributed by atoms with Crippen LogP contribution in [-0.2, 0) is 11.2 Å². The van der Waals surface area contributed by atoms with Crippen LogP contribution in [0.4, 0.5) is 0 Å². The maximum atomic E-state index is 12.1. The van der Waals surface area contributed by atoms with E-state index in [0.717, 1.165) is 11.3 Å². The number of phenols is 2. The summed E-state index contributed by atoms with van der Waals surface area (Å²) in [5.74, 6) is 0.766. The van der Waals surface area contributed by atoms with Gasteiger partial charge in [0.2, 0.25) is 5.91 Å². The van der Waals surface area contributed by atoms with Crippen LogP contribution in [0.5, 0.6) is 23.0 Å². The van der Waals surface area contributed by atoms with Gasteiger partial charge in [-0.25, -0.2) is 0 Å². The van der Waals surface area contributed by atoms with Crippen molar-refractivity contribution in [2.24, 2.45) is 5.92 Å². The minimum absolute atomic E-state index is 0.0918. The van der Waals surface area contributed by atoms with Crippen LogP contribution < -0.4 is 14.8 Å². The van der Waals surface area contributed by atoms with Gasteiger partial charge in [0.25, 0.3) is 0 Å². The summed E-state index contributed by atoms with van der Waals surface area (Å²) in [7, 11) is 1.60. The van der Waals surface area contributed by atoms with Crippen molar-refractivity contribution in [2.45, 2.75) is 13.3 Å². The fourth-order valence-electron chi connectivity index (χ4n) is 2.33. The highest BCUT2D eigenvalue weighted by Crippen LogP contribution is 2.26. The van der Waals surface area contributed by atoms with Crippen molar-refractivity contribution in [2.75, 3.05) is 20.3 Å². The predicted octanol–water partition coefficient (Wildman–Crippen LogP) is 2.48. The fourth-order valence-corrected chi connectivity index (χ4v) is 2.33. The molecule has 0 aromatic heterocycles. The Morgan fingerprint density at radius 3 is 2.40 bits per heavy atom. The molecule has 2 aromatic rings. The number of aromatic hydroxyl groups is 2. The molecule has 3 N–H and O–H groups in total. The lowest BCUT2D eigenvalue weighted by atomic mass is 10.00. The molecule has 0 fully saturated rings. The predicted molar refractivity (Wildman–Crippen MR) is 94.1 cm³/mol. The molecule has 0 bridgehead atoms. The van der Waals surface area contributed by atoms with Crippen LogP contribution in [0.25, 0.3) is 0 Å². The van der Waals surface area contributed by atoms with E-state index in [1.54, 1.807) is 25.3 Å². The zero-order valence-electron chi connectivity index (χ0n) is 14.4. The standard InChI is InChI=1S/C19H23NO5/c1-13(11-14-3-8-17(21)18(22)12-14)19(23)20-9-10-25-16-6-4-15(24-2)5-7-16/h3-8,12-13,21-22H,9-11H2,1-2H3,(H,20,23). The molecular weight excluding hydrogens is 322 g/mol. The van der Waals surface area contributed by atoms with E-state index in [1.165, 1.54) is 12.1 Å². The van der Waals surface area contributed by atoms with Gasteiger partial charge in [0.15, 0.2) is 11.5 Å². The minimum Gasteiger partial charge on any atom is -0.504 e. The van der Waals surface area contributed by atoms with E-state index < -0.39 is 0 Å². The van der Waals surface area contributed by atoms with Crippen molar-refractivity contribution in [3.8, 4) is 23.0 Å². The number of methoxy groups -OCH3 is 1. The topological polar surface area (TPSA) is 88.0 Å². The van der Waals surface area contributed by atoms with Crippen LogP contribution in [0.1, 0.15) is 12.5 Å². The quantitative estimate of drug-likeness (QED) is 0.505. The maximum Gasteiger partial charge on any atom is 0.223 e. The van der Waals surface area contributed by atoms with Gasteiger partial charge in [-0.05, 0) is 48.4 Å². The Labute approximate surface area is 147 Å². The molecule has 0 saturated heterocycles. The lowest BCUT2D eigenvalue weighted by molar-refractivity contribution is -0.124. The molecule has 0 saturated carbocycles. The van der Waals surface area contributed by atoms with E-state index in [-0.39, 0.29) is 23.3 Å². The molecule has 1 atom stereocenters. The molecule has 134 valence electrons. The maximum absolute atomic E-state index is 12.1. The number of rotatable bonds is 8. The first-order chi connectivity index (χ1) is 12.0. The summed E-state index contributed by atoms with van der Waals surface area (Å²) in [6.45, 7) is 2.57. The van der Waals surface area contributed by atoms with Gasteiger partial charge in [-0.3, -0.25) is 4.79 Å². The second kappa shape index (κ2) is 8.82. The van der Waals surface area contributed by atoms with E-state index in [9.17, 15) is 15.0 Å². The third-order valence-electron chi connectivity index (χ3n) is 3.76. The molecule has 0 aliphatic carbocycles. The molecule has 6 nitrogen and oxygen atoms in total. The van der Waals surface area contributed by atoms with Crippen LogP contribution in [0.3, 0.4) is 0 Å². The summed E-state index contributed by atoms with van der Waals surface area (Å²) in [6.07, 6.45) is 0.471. The highest BCUT2D eigenvalue weighted by atomic mass is 16.5. The highest BCUT2D eigenvalue weighted by Gasteiger charge is 2.14. The fraction of sp³-hybridized carbons (Fsp3) is 0.316. The van der Waals surface area contributed by atoms with Crippen molar-refractivity contribution in [3.05, 3.63) is 48.0 Å². The minimum atomic E-state index is -0.259. The van der Waals surface area contributed by atoms with Crippen molar-refractivity contribution in [1.29, 1.82) is 0 Å². The van der Waals surface area contributed by atoms with Gasteiger partial charge in [-0.15, -0.1) is 0 Å². The molecule has 6 heteroatoms. The van der Waals surface area contributed by atoms with E-state index in [2.05, 4.69) is 5.32 Å². The molecule has 0 aliphatic heterocycles. The van der Waals surface area contributed by atoms with Gasteiger partial charge in [-0.2, -0.15) is 0 Å². The van der Waals surface area contributed by atoms with Gasteiger partial charge in [0.1, 0.15) is 18.1 Å². The van der Waals surface area contributed by atoms with Gasteiger partial charge in [0.05, 0.1) is 13.7 Å². The van der Waals surface area contributed by atoms with E-state index in [0.29, 0.717) is 25.3 Å². The molecule has 0 radical (unpaired) electrons. The average Bonchev–Trinajstić information content (AvgIpc) is 2.62. The summed E-state index contributed by atoms with van der Waals surface area (Å²) < 4.78 is 10.6. The molecule has 1 amide bonds. The summed E-state index contributed by atoms with van der Waals surface area (Å²) in [5.41, 5.74) is 0.785. The van der Waals surface area contributed by atoms with Gasteiger partial charge in [-0.1, -0.05) is 13.0 Å². The van der Waals surface area contributed by atoms with Crippen LogP contribution >= 0.6 is 0 Å². The van der Waals surface area contributed by atoms with Crippen LogP contribution in [0.15, 0.2) is 42.5 Å². The summed E-state index contributed by atoms with van der Waals surface area (Å²) in [6, 6.07) is 11.8. The number of hydrogen-bond donors (Lipinski definition) is 3. The van der Waals surface area contributed by atoms with Crippen LogP contribution in [-0.4, -0.2) is 36.4 Å². The first kappa shape index (κ1) is 18.4. The smallest absolute Gasteiger partial charge is 0.223 e. The third-order valence-corrected chi connectivity index (χ3v) is 3.76. The van der Waals surface area contributed by atoms with Gasteiger partial charge >= 0.3 is 0 Å². The second-order valence-corrected chi connectivity index (χ2v) is 5.74. The van der Waals surface area contributed by atoms with Crippen molar-refractivity contribution in [3.63, 3.8) is 0 Å². The first-order valence-corrected chi connectivity index (χ1v) is 8.05. The Hall–Kier alpha value is -2.89. The second-order valence-electron chi connectivity index (χ2n) is 5.74. The third kappa shape index (κ3) is 5.60. The Kier molecular flexibility index (Phi) is 6.51.